The fraction of sp³-hybridized carbons (Fsp3) is 0.533. The van der Waals surface area contributed by atoms with Crippen LogP contribution in [0.15, 0.2) is 11.2 Å². The molecule has 1 aromatic rings. The zero-order valence-corrected chi connectivity index (χ0v) is 13.8. The third-order valence-electron chi connectivity index (χ3n) is 3.63. The lowest BCUT2D eigenvalue weighted by molar-refractivity contribution is 0.00802. The van der Waals surface area contributed by atoms with Crippen LogP contribution in [0.4, 0.5) is 5.69 Å². The fourth-order valence-corrected chi connectivity index (χ4v) is 2.51. The topological polar surface area (TPSA) is 64.0 Å². The molecule has 7 heteroatoms. The van der Waals surface area contributed by atoms with Crippen LogP contribution in [-0.4, -0.2) is 61.5 Å². The Morgan fingerprint density at radius 1 is 1.68 bits per heavy atom. The summed E-state index contributed by atoms with van der Waals surface area (Å²) in [5, 5.41) is 0.192. The molecule has 0 spiro atoms. The maximum absolute atomic E-state index is 11.9. The van der Waals surface area contributed by atoms with Gasteiger partial charge in [-0.3, -0.25) is 9.89 Å². The third-order valence-corrected chi connectivity index (χ3v) is 3.91. The minimum absolute atomic E-state index is 0.192. The number of carbonyl (C=O) groups excluding carboxylic acids is 1. The number of carbonyl (C=O) groups is 1. The highest BCUT2D eigenvalue weighted by Gasteiger charge is 2.20. The molecule has 1 atom stereocenters. The number of methoxy groups -OCH3 is 1. The molecule has 22 heavy (non-hydrogen) atoms. The molecule has 0 bridgehead atoms. The molecule has 0 N–H and O–H groups in total. The molecule has 6 nitrogen and oxygen atoms in total. The van der Waals surface area contributed by atoms with Crippen LogP contribution in [0.3, 0.4) is 0 Å². The van der Waals surface area contributed by atoms with Gasteiger partial charge in [-0.15, -0.1) is 0 Å². The van der Waals surface area contributed by atoms with Crippen LogP contribution in [-0.2, 0) is 9.47 Å². The molecule has 1 fully saturated rings. The van der Waals surface area contributed by atoms with Crippen molar-refractivity contribution in [3.05, 3.63) is 22.5 Å². The number of esters is 1. The number of morpholine rings is 1. The SMILES string of the molecule is COC(=O)c1c(C)cnc(Cl)c1/N=C/CN1CCOC[C@H]1C. The van der Waals surface area contributed by atoms with Gasteiger partial charge in [0.2, 0.25) is 0 Å². The Morgan fingerprint density at radius 2 is 2.45 bits per heavy atom. The quantitative estimate of drug-likeness (QED) is 0.482. The second-order valence-corrected chi connectivity index (χ2v) is 5.54. The van der Waals surface area contributed by atoms with Crippen molar-refractivity contribution >= 4 is 29.5 Å². The van der Waals surface area contributed by atoms with Gasteiger partial charge in [0.15, 0.2) is 5.15 Å². The summed E-state index contributed by atoms with van der Waals surface area (Å²) in [5.41, 5.74) is 1.39. The van der Waals surface area contributed by atoms with Gasteiger partial charge >= 0.3 is 5.97 Å². The summed E-state index contributed by atoms with van der Waals surface area (Å²) < 4.78 is 10.2. The first-order chi connectivity index (χ1) is 10.5. The number of aryl methyl sites for hydroxylation is 1. The second kappa shape index (κ2) is 7.67. The Labute approximate surface area is 135 Å². The molecule has 2 heterocycles. The number of hydrogen-bond donors (Lipinski definition) is 0. The van der Waals surface area contributed by atoms with Crippen molar-refractivity contribution in [3.63, 3.8) is 0 Å². The highest BCUT2D eigenvalue weighted by atomic mass is 35.5. The normalized spacial score (nSPS) is 19.5. The summed E-state index contributed by atoms with van der Waals surface area (Å²) in [6.45, 7) is 6.84. The van der Waals surface area contributed by atoms with Crippen LogP contribution in [0, 0.1) is 6.92 Å². The third kappa shape index (κ3) is 3.82. The predicted molar refractivity (Wildman–Crippen MR) is 85.3 cm³/mol. The lowest BCUT2D eigenvalue weighted by Gasteiger charge is -2.31. The molecule has 0 radical (unpaired) electrons. The van der Waals surface area contributed by atoms with E-state index in [1.807, 2.05) is 0 Å². The van der Waals surface area contributed by atoms with E-state index in [0.717, 1.165) is 13.2 Å². The molecule has 0 amide bonds. The van der Waals surface area contributed by atoms with E-state index in [1.165, 1.54) is 13.3 Å². The molecule has 120 valence electrons. The van der Waals surface area contributed by atoms with Gasteiger partial charge in [0.1, 0.15) is 5.69 Å². The predicted octanol–water partition coefficient (Wildman–Crippen LogP) is 2.25. The fourth-order valence-electron chi connectivity index (χ4n) is 2.32. The summed E-state index contributed by atoms with van der Waals surface area (Å²) in [7, 11) is 1.33. The zero-order chi connectivity index (χ0) is 16.1. The number of ether oxygens (including phenoxy) is 2. The number of aliphatic imine (C=N–C) groups is 1. The van der Waals surface area contributed by atoms with Crippen LogP contribution >= 0.6 is 11.6 Å². The van der Waals surface area contributed by atoms with Crippen molar-refractivity contribution in [3.8, 4) is 0 Å². The first kappa shape index (κ1) is 16.9. The standard InChI is InChI=1S/C15H20ClN3O3/c1-10-8-18-14(16)13(12(10)15(20)21-3)17-4-5-19-6-7-22-9-11(19)2/h4,8,11H,5-7,9H2,1-3H3/b17-4+/t11-/m1/s1. The number of hydrogen-bond acceptors (Lipinski definition) is 6. The number of rotatable bonds is 4. The Hall–Kier alpha value is -1.50. The molecule has 1 aromatic heterocycles. The average molecular weight is 326 g/mol. The molecule has 1 aliphatic rings. The minimum atomic E-state index is -0.464. The molecule has 1 aliphatic heterocycles. The second-order valence-electron chi connectivity index (χ2n) is 5.18. The molecule has 0 aliphatic carbocycles. The molecule has 0 saturated carbocycles. The Balaban J connectivity index is 2.19. The van der Waals surface area contributed by atoms with Crippen LogP contribution in [0.1, 0.15) is 22.8 Å². The Bertz CT molecular complexity index is 577. The van der Waals surface area contributed by atoms with Gasteiger partial charge in [0.25, 0.3) is 0 Å². The summed E-state index contributed by atoms with van der Waals surface area (Å²) in [5.74, 6) is -0.464. The van der Waals surface area contributed by atoms with Crippen molar-refractivity contribution in [1.82, 2.24) is 9.88 Å². The molecular weight excluding hydrogens is 306 g/mol. The van der Waals surface area contributed by atoms with E-state index in [-0.39, 0.29) is 5.15 Å². The van der Waals surface area contributed by atoms with Gasteiger partial charge in [0.05, 0.1) is 25.9 Å². The molecular formula is C15H20ClN3O3. The monoisotopic (exact) mass is 325 g/mol. The van der Waals surface area contributed by atoms with E-state index >= 15 is 0 Å². The molecule has 2 rings (SSSR count). The smallest absolute Gasteiger partial charge is 0.340 e. The van der Waals surface area contributed by atoms with E-state index in [0.29, 0.717) is 36.0 Å². The minimum Gasteiger partial charge on any atom is -0.465 e. The molecule has 1 saturated heterocycles. The van der Waals surface area contributed by atoms with Gasteiger partial charge in [-0.1, -0.05) is 11.6 Å². The van der Waals surface area contributed by atoms with Gasteiger partial charge < -0.3 is 9.47 Å². The zero-order valence-electron chi connectivity index (χ0n) is 13.0. The lowest BCUT2D eigenvalue weighted by Crippen LogP contribution is -2.44. The van der Waals surface area contributed by atoms with Crippen molar-refractivity contribution < 1.29 is 14.3 Å². The average Bonchev–Trinajstić information content (AvgIpc) is 2.52. The number of nitrogens with zero attached hydrogens (tertiary/aromatic N) is 3. The summed E-state index contributed by atoms with van der Waals surface area (Å²) in [6, 6.07) is 0.339. The molecule has 0 unspecified atom stereocenters. The van der Waals surface area contributed by atoms with E-state index in [4.69, 9.17) is 21.1 Å². The lowest BCUT2D eigenvalue weighted by atomic mass is 10.1. The highest BCUT2D eigenvalue weighted by molar-refractivity contribution is 6.32. The number of pyridine rings is 1. The van der Waals surface area contributed by atoms with Crippen molar-refractivity contribution in [2.75, 3.05) is 33.4 Å². The van der Waals surface area contributed by atoms with E-state index in [1.54, 1.807) is 13.1 Å². The maximum atomic E-state index is 11.9. The number of aromatic nitrogens is 1. The van der Waals surface area contributed by atoms with Gasteiger partial charge in [-0.2, -0.15) is 0 Å². The summed E-state index contributed by atoms with van der Waals surface area (Å²) in [4.78, 5) is 22.6. The van der Waals surface area contributed by atoms with Crippen molar-refractivity contribution in [2.45, 2.75) is 19.9 Å². The number of halogens is 1. The van der Waals surface area contributed by atoms with E-state index in [2.05, 4.69) is 21.8 Å². The highest BCUT2D eigenvalue weighted by Crippen LogP contribution is 2.29. The van der Waals surface area contributed by atoms with Gasteiger partial charge in [0, 0.05) is 31.5 Å². The maximum Gasteiger partial charge on any atom is 0.340 e. The summed E-state index contributed by atoms with van der Waals surface area (Å²) in [6.07, 6.45) is 3.29. The van der Waals surface area contributed by atoms with E-state index < -0.39 is 5.97 Å². The van der Waals surface area contributed by atoms with Crippen molar-refractivity contribution in [1.29, 1.82) is 0 Å². The first-order valence-electron chi connectivity index (χ1n) is 7.12. The van der Waals surface area contributed by atoms with Crippen molar-refractivity contribution in [2.24, 2.45) is 4.99 Å². The Morgan fingerprint density at radius 3 is 3.14 bits per heavy atom. The largest absolute Gasteiger partial charge is 0.465 e. The molecule has 0 aromatic carbocycles. The van der Waals surface area contributed by atoms with Gasteiger partial charge in [-0.05, 0) is 19.4 Å². The first-order valence-corrected chi connectivity index (χ1v) is 7.50. The van der Waals surface area contributed by atoms with Gasteiger partial charge in [-0.25, -0.2) is 9.78 Å². The Kier molecular flexibility index (Phi) is 5.88. The van der Waals surface area contributed by atoms with Crippen LogP contribution in [0.5, 0.6) is 0 Å². The van der Waals surface area contributed by atoms with Crippen LogP contribution in [0.2, 0.25) is 5.15 Å². The summed E-state index contributed by atoms with van der Waals surface area (Å²) >= 11 is 6.09. The van der Waals surface area contributed by atoms with E-state index in [9.17, 15) is 4.79 Å². The van der Waals surface area contributed by atoms with Crippen LogP contribution in [0.25, 0.3) is 0 Å². The van der Waals surface area contributed by atoms with Crippen LogP contribution < -0.4 is 0 Å².